The number of carbonyl (C=O) groups excluding carboxylic acids is 3. The topological polar surface area (TPSA) is 127 Å². The number of carbonyl (C=O) groups is 3. The van der Waals surface area contributed by atoms with Crippen LogP contribution in [-0.2, 0) is 14.3 Å². The predicted molar refractivity (Wildman–Crippen MR) is 137 cm³/mol. The fraction of sp³-hybridized carbons (Fsp3) is 0.400. The van der Waals surface area contributed by atoms with Crippen LogP contribution in [0.1, 0.15) is 54.8 Å². The van der Waals surface area contributed by atoms with E-state index >= 15 is 0 Å². The van der Waals surface area contributed by atoms with E-state index in [2.05, 4.69) is 21.0 Å². The zero-order chi connectivity index (χ0) is 25.2. The van der Waals surface area contributed by atoms with Crippen molar-refractivity contribution in [1.29, 1.82) is 0 Å². The van der Waals surface area contributed by atoms with Crippen molar-refractivity contribution < 1.29 is 19.1 Å². The summed E-state index contributed by atoms with van der Waals surface area (Å²) in [6.45, 7) is 5.12. The van der Waals surface area contributed by atoms with Crippen LogP contribution in [0.15, 0.2) is 30.0 Å². The van der Waals surface area contributed by atoms with E-state index in [-0.39, 0.29) is 24.3 Å². The van der Waals surface area contributed by atoms with E-state index in [0.717, 1.165) is 30.0 Å². The third-order valence-corrected chi connectivity index (χ3v) is 6.90. The first-order valence-electron chi connectivity index (χ1n) is 12.1. The first kappa shape index (κ1) is 24.1. The Labute approximate surface area is 212 Å². The van der Waals surface area contributed by atoms with Crippen LogP contribution in [0.2, 0.25) is 0 Å². The van der Waals surface area contributed by atoms with Gasteiger partial charge in [0.05, 0.1) is 34.2 Å². The van der Waals surface area contributed by atoms with Crippen LogP contribution >= 0.6 is 11.3 Å². The SMILES string of the molecule is CC(C)OCCCNC(=O)c1ccc(-c2cc(NC3CC3)n3ncc(/C=C4\CC(=O)NC4=O)c3n2)s1. The molecule has 0 radical (unpaired) electrons. The number of anilines is 1. The number of nitrogens with zero attached hydrogens (tertiary/aromatic N) is 3. The molecule has 3 N–H and O–H groups in total. The van der Waals surface area contributed by atoms with Gasteiger partial charge in [-0.25, -0.2) is 4.98 Å². The highest BCUT2D eigenvalue weighted by atomic mass is 32.1. The molecule has 1 saturated carbocycles. The molecule has 2 aliphatic rings. The summed E-state index contributed by atoms with van der Waals surface area (Å²) in [4.78, 5) is 42.5. The Morgan fingerprint density at radius 2 is 2.17 bits per heavy atom. The Morgan fingerprint density at radius 1 is 1.33 bits per heavy atom. The number of rotatable bonds is 10. The van der Waals surface area contributed by atoms with E-state index in [1.807, 2.05) is 26.0 Å². The third kappa shape index (κ3) is 5.47. The Balaban J connectivity index is 1.40. The number of hydrogen-bond acceptors (Lipinski definition) is 8. The molecule has 11 heteroatoms. The van der Waals surface area contributed by atoms with Gasteiger partial charge in [-0.15, -0.1) is 11.3 Å². The summed E-state index contributed by atoms with van der Waals surface area (Å²) < 4.78 is 7.22. The van der Waals surface area contributed by atoms with E-state index in [9.17, 15) is 14.4 Å². The highest BCUT2D eigenvalue weighted by Gasteiger charge is 2.26. The molecule has 3 amide bonds. The van der Waals surface area contributed by atoms with Crippen LogP contribution in [0.3, 0.4) is 0 Å². The van der Waals surface area contributed by atoms with Crippen molar-refractivity contribution >= 4 is 46.6 Å². The zero-order valence-corrected chi connectivity index (χ0v) is 21.0. The summed E-state index contributed by atoms with van der Waals surface area (Å²) in [5, 5.41) is 13.2. The Hall–Kier alpha value is -3.57. The van der Waals surface area contributed by atoms with Crippen molar-refractivity contribution in [2.24, 2.45) is 0 Å². The van der Waals surface area contributed by atoms with Gasteiger partial charge in [-0.3, -0.25) is 19.7 Å². The Kier molecular flexibility index (Phi) is 6.84. The van der Waals surface area contributed by atoms with Gasteiger partial charge in [0.25, 0.3) is 11.8 Å². The normalized spacial score (nSPS) is 16.8. The quantitative estimate of drug-likeness (QED) is 0.218. The molecule has 5 rings (SSSR count). The summed E-state index contributed by atoms with van der Waals surface area (Å²) in [5.74, 6) is -0.0423. The van der Waals surface area contributed by atoms with Crippen molar-refractivity contribution in [2.45, 2.75) is 51.7 Å². The molecule has 0 spiro atoms. The fourth-order valence-corrected chi connectivity index (χ4v) is 4.72. The molecule has 188 valence electrons. The molecule has 0 aromatic carbocycles. The molecule has 1 aliphatic heterocycles. The second-order valence-electron chi connectivity index (χ2n) is 9.20. The predicted octanol–water partition coefficient (Wildman–Crippen LogP) is 3.01. The number of ether oxygens (including phenoxy) is 1. The van der Waals surface area contributed by atoms with Gasteiger partial charge in [0.15, 0.2) is 5.65 Å². The molecule has 0 unspecified atom stereocenters. The molecule has 2 fully saturated rings. The molecule has 4 heterocycles. The molecule has 36 heavy (non-hydrogen) atoms. The lowest BCUT2D eigenvalue weighted by molar-refractivity contribution is -0.124. The van der Waals surface area contributed by atoms with Gasteiger partial charge >= 0.3 is 0 Å². The maximum Gasteiger partial charge on any atom is 0.261 e. The average molecular weight is 509 g/mol. The first-order chi connectivity index (χ1) is 17.4. The largest absolute Gasteiger partial charge is 0.379 e. The molecule has 10 nitrogen and oxygen atoms in total. The molecule has 1 aliphatic carbocycles. The monoisotopic (exact) mass is 508 g/mol. The number of amides is 3. The van der Waals surface area contributed by atoms with E-state index in [1.54, 1.807) is 22.9 Å². The van der Waals surface area contributed by atoms with Crippen molar-refractivity contribution in [3.63, 3.8) is 0 Å². The second kappa shape index (κ2) is 10.2. The summed E-state index contributed by atoms with van der Waals surface area (Å²) in [7, 11) is 0. The van der Waals surface area contributed by atoms with Crippen LogP contribution in [0.25, 0.3) is 22.3 Å². The van der Waals surface area contributed by atoms with Gasteiger partial charge in [0, 0.05) is 36.4 Å². The third-order valence-electron chi connectivity index (χ3n) is 5.79. The van der Waals surface area contributed by atoms with Gasteiger partial charge in [0.2, 0.25) is 5.91 Å². The maximum atomic E-state index is 12.6. The maximum absolute atomic E-state index is 12.6. The highest BCUT2D eigenvalue weighted by Crippen LogP contribution is 2.32. The van der Waals surface area contributed by atoms with Crippen molar-refractivity contribution in [2.75, 3.05) is 18.5 Å². The molecular formula is C25H28N6O4S. The molecular weight excluding hydrogens is 480 g/mol. The summed E-state index contributed by atoms with van der Waals surface area (Å²) in [6.07, 6.45) is 6.45. The van der Waals surface area contributed by atoms with Crippen LogP contribution in [-0.4, -0.2) is 57.6 Å². The van der Waals surface area contributed by atoms with Gasteiger partial charge in [-0.1, -0.05) is 0 Å². The van der Waals surface area contributed by atoms with E-state index < -0.39 is 5.91 Å². The van der Waals surface area contributed by atoms with Crippen molar-refractivity contribution in [3.8, 4) is 10.6 Å². The minimum absolute atomic E-state index is 0.0377. The van der Waals surface area contributed by atoms with E-state index in [4.69, 9.17) is 9.72 Å². The fourth-order valence-electron chi connectivity index (χ4n) is 3.83. The van der Waals surface area contributed by atoms with Crippen molar-refractivity contribution in [1.82, 2.24) is 25.2 Å². The van der Waals surface area contributed by atoms with Crippen LogP contribution < -0.4 is 16.0 Å². The number of aromatic nitrogens is 3. The van der Waals surface area contributed by atoms with Gasteiger partial charge in [-0.2, -0.15) is 9.61 Å². The molecule has 3 aromatic rings. The standard InChI is InChI=1S/C25H28N6O4S/c1-14(2)35-9-3-8-26-25(34)20-7-6-19(36-20)18-12-21(28-17-4-5-17)31-23(29-18)16(13-27-31)10-15-11-22(32)30-24(15)33/h6-7,10,12-14,17,28H,3-5,8-9,11H2,1-2H3,(H,26,34)(H,30,32,33)/b15-10+. The summed E-state index contributed by atoms with van der Waals surface area (Å²) >= 11 is 1.37. The first-order valence-corrected chi connectivity index (χ1v) is 12.9. The summed E-state index contributed by atoms with van der Waals surface area (Å²) in [6, 6.07) is 6.00. The molecule has 3 aromatic heterocycles. The minimum Gasteiger partial charge on any atom is -0.379 e. The van der Waals surface area contributed by atoms with Gasteiger partial charge in [-0.05, 0) is 51.3 Å². The van der Waals surface area contributed by atoms with Crippen LogP contribution in [0.5, 0.6) is 0 Å². The zero-order valence-electron chi connectivity index (χ0n) is 20.2. The number of fused-ring (bicyclic) bond motifs is 1. The van der Waals surface area contributed by atoms with Crippen LogP contribution in [0, 0.1) is 0 Å². The summed E-state index contributed by atoms with van der Waals surface area (Å²) in [5.41, 5.74) is 2.30. The Bertz CT molecular complexity index is 1350. The van der Waals surface area contributed by atoms with E-state index in [1.165, 1.54) is 11.3 Å². The Morgan fingerprint density at radius 3 is 2.89 bits per heavy atom. The lowest BCUT2D eigenvalue weighted by Crippen LogP contribution is -2.24. The minimum atomic E-state index is -0.392. The van der Waals surface area contributed by atoms with Crippen molar-refractivity contribution in [3.05, 3.63) is 40.4 Å². The van der Waals surface area contributed by atoms with Gasteiger partial charge in [0.1, 0.15) is 5.82 Å². The lowest BCUT2D eigenvalue weighted by atomic mass is 10.1. The highest BCUT2D eigenvalue weighted by molar-refractivity contribution is 7.17. The number of hydrogen-bond donors (Lipinski definition) is 3. The molecule has 1 saturated heterocycles. The molecule has 0 bridgehead atoms. The van der Waals surface area contributed by atoms with Crippen LogP contribution in [0.4, 0.5) is 5.82 Å². The van der Waals surface area contributed by atoms with E-state index in [0.29, 0.717) is 46.5 Å². The molecule has 0 atom stereocenters. The number of nitrogens with one attached hydrogen (secondary N) is 3. The second-order valence-corrected chi connectivity index (χ2v) is 10.3. The lowest BCUT2D eigenvalue weighted by Gasteiger charge is -2.09. The number of thiophene rings is 1. The average Bonchev–Trinajstić information content (AvgIpc) is 3.22. The van der Waals surface area contributed by atoms with Gasteiger partial charge < -0.3 is 15.4 Å². The number of imide groups is 1. The smallest absolute Gasteiger partial charge is 0.261 e.